The van der Waals surface area contributed by atoms with E-state index in [1.165, 1.54) is 11.1 Å². The topological polar surface area (TPSA) is 34.2 Å². The number of hydrogen-bond acceptors (Lipinski definition) is 3. The molecule has 1 aromatic carbocycles. The van der Waals surface area contributed by atoms with E-state index in [-0.39, 0.29) is 6.04 Å². The molecule has 1 N–H and O–H groups in total. The van der Waals surface area contributed by atoms with Gasteiger partial charge in [-0.15, -0.1) is 0 Å². The van der Waals surface area contributed by atoms with Gasteiger partial charge in [0.15, 0.2) is 0 Å². The van der Waals surface area contributed by atoms with Crippen LogP contribution in [-0.2, 0) is 6.42 Å². The molecule has 1 unspecified atom stereocenters. The van der Waals surface area contributed by atoms with E-state index < -0.39 is 0 Å². The maximum Gasteiger partial charge on any atom is 0.137 e. The van der Waals surface area contributed by atoms with Crippen molar-refractivity contribution >= 4 is 11.6 Å². The standard InChI is InChI=1S/C17H21ClN2O/c1-3-8-20-16(10-13-5-4-9-19-12-13)14-6-7-15(18)17(11-14)21-2/h4-7,9,11-12,16,20H,3,8,10H2,1-2H3. The third kappa shape index (κ3) is 4.45. The lowest BCUT2D eigenvalue weighted by Gasteiger charge is -2.20. The number of aromatic nitrogens is 1. The molecule has 0 aliphatic rings. The molecule has 1 atom stereocenters. The summed E-state index contributed by atoms with van der Waals surface area (Å²) in [5, 5.41) is 4.21. The minimum atomic E-state index is 0.223. The van der Waals surface area contributed by atoms with E-state index in [0.29, 0.717) is 10.8 Å². The molecule has 0 aliphatic carbocycles. The van der Waals surface area contributed by atoms with Crippen molar-refractivity contribution < 1.29 is 4.74 Å². The Morgan fingerprint density at radius 1 is 1.33 bits per heavy atom. The lowest BCUT2D eigenvalue weighted by Crippen LogP contribution is -2.24. The molecule has 21 heavy (non-hydrogen) atoms. The van der Waals surface area contributed by atoms with Crippen LogP contribution in [0.1, 0.15) is 30.5 Å². The Bertz CT molecular complexity index is 560. The summed E-state index contributed by atoms with van der Waals surface area (Å²) in [6, 6.07) is 10.2. The molecular weight excluding hydrogens is 284 g/mol. The van der Waals surface area contributed by atoms with Crippen LogP contribution in [0.15, 0.2) is 42.7 Å². The van der Waals surface area contributed by atoms with Gasteiger partial charge in [0.25, 0.3) is 0 Å². The second-order valence-corrected chi connectivity index (χ2v) is 5.37. The molecule has 0 bridgehead atoms. The summed E-state index contributed by atoms with van der Waals surface area (Å²) in [6.07, 6.45) is 5.68. The third-order valence-electron chi connectivity index (χ3n) is 3.38. The highest BCUT2D eigenvalue weighted by molar-refractivity contribution is 6.32. The first-order valence-corrected chi connectivity index (χ1v) is 7.58. The largest absolute Gasteiger partial charge is 0.495 e. The van der Waals surface area contributed by atoms with Crippen molar-refractivity contribution in [3.05, 3.63) is 58.9 Å². The van der Waals surface area contributed by atoms with E-state index in [2.05, 4.69) is 29.4 Å². The van der Waals surface area contributed by atoms with Crippen molar-refractivity contribution in [3.63, 3.8) is 0 Å². The molecule has 0 aliphatic heterocycles. The maximum absolute atomic E-state index is 6.11. The number of ether oxygens (including phenoxy) is 1. The van der Waals surface area contributed by atoms with Crippen LogP contribution in [-0.4, -0.2) is 18.6 Å². The summed E-state index contributed by atoms with van der Waals surface area (Å²) in [4.78, 5) is 4.19. The number of nitrogens with one attached hydrogen (secondary N) is 1. The van der Waals surface area contributed by atoms with Crippen molar-refractivity contribution in [2.24, 2.45) is 0 Å². The minimum absolute atomic E-state index is 0.223. The number of rotatable bonds is 7. The number of methoxy groups -OCH3 is 1. The quantitative estimate of drug-likeness (QED) is 0.838. The second-order valence-electron chi connectivity index (χ2n) is 4.97. The molecule has 2 rings (SSSR count). The fraction of sp³-hybridized carbons (Fsp3) is 0.353. The van der Waals surface area contributed by atoms with Crippen LogP contribution >= 0.6 is 11.6 Å². The molecule has 0 saturated heterocycles. The Morgan fingerprint density at radius 2 is 2.19 bits per heavy atom. The zero-order valence-corrected chi connectivity index (χ0v) is 13.2. The number of nitrogens with zero attached hydrogens (tertiary/aromatic N) is 1. The Hall–Kier alpha value is -1.58. The van der Waals surface area contributed by atoms with Crippen molar-refractivity contribution in [3.8, 4) is 5.75 Å². The van der Waals surface area contributed by atoms with Crippen molar-refractivity contribution in [1.82, 2.24) is 10.3 Å². The number of halogens is 1. The lowest BCUT2D eigenvalue weighted by atomic mass is 9.99. The highest BCUT2D eigenvalue weighted by atomic mass is 35.5. The summed E-state index contributed by atoms with van der Waals surface area (Å²) in [5.74, 6) is 0.712. The molecule has 1 aromatic heterocycles. The van der Waals surface area contributed by atoms with Crippen molar-refractivity contribution in [2.45, 2.75) is 25.8 Å². The summed E-state index contributed by atoms with van der Waals surface area (Å²) >= 11 is 6.11. The Morgan fingerprint density at radius 3 is 2.86 bits per heavy atom. The molecule has 0 amide bonds. The first kappa shape index (κ1) is 15.8. The second kappa shape index (κ2) is 8.01. The fourth-order valence-corrected chi connectivity index (χ4v) is 2.47. The summed E-state index contributed by atoms with van der Waals surface area (Å²) in [5.41, 5.74) is 2.38. The zero-order chi connectivity index (χ0) is 15.1. The van der Waals surface area contributed by atoms with Crippen molar-refractivity contribution in [1.29, 1.82) is 0 Å². The van der Waals surface area contributed by atoms with E-state index in [1.54, 1.807) is 13.3 Å². The van der Waals surface area contributed by atoms with Gasteiger partial charge in [0.2, 0.25) is 0 Å². The molecule has 112 valence electrons. The van der Waals surface area contributed by atoms with Gasteiger partial charge in [0.05, 0.1) is 12.1 Å². The molecular formula is C17H21ClN2O. The van der Waals surface area contributed by atoms with Crippen molar-refractivity contribution in [2.75, 3.05) is 13.7 Å². The molecule has 0 radical (unpaired) electrons. The summed E-state index contributed by atoms with van der Waals surface area (Å²) < 4.78 is 5.32. The smallest absolute Gasteiger partial charge is 0.137 e. The predicted molar refractivity (Wildman–Crippen MR) is 87.0 cm³/mol. The predicted octanol–water partition coefficient (Wildman–Crippen LogP) is 4.03. The van der Waals surface area contributed by atoms with E-state index in [1.807, 2.05) is 24.4 Å². The number of hydrogen-bond donors (Lipinski definition) is 1. The van der Waals surface area contributed by atoms with E-state index in [0.717, 1.165) is 19.4 Å². The van der Waals surface area contributed by atoms with Gasteiger partial charge in [-0.3, -0.25) is 4.98 Å². The highest BCUT2D eigenvalue weighted by Crippen LogP contribution is 2.29. The summed E-state index contributed by atoms with van der Waals surface area (Å²) in [6.45, 7) is 3.13. The van der Waals surface area contributed by atoms with Crippen LogP contribution in [0.4, 0.5) is 0 Å². The Kier molecular flexibility index (Phi) is 6.03. The van der Waals surface area contributed by atoms with E-state index >= 15 is 0 Å². The van der Waals surface area contributed by atoms with E-state index in [9.17, 15) is 0 Å². The van der Waals surface area contributed by atoms with Crippen LogP contribution in [0, 0.1) is 0 Å². The van der Waals surface area contributed by atoms with Gasteiger partial charge in [0, 0.05) is 18.4 Å². The third-order valence-corrected chi connectivity index (χ3v) is 3.69. The average molecular weight is 305 g/mol. The van der Waals surface area contributed by atoms with Gasteiger partial charge in [-0.05, 0) is 48.7 Å². The van der Waals surface area contributed by atoms with Gasteiger partial charge in [-0.25, -0.2) is 0 Å². The first-order valence-electron chi connectivity index (χ1n) is 7.20. The lowest BCUT2D eigenvalue weighted by molar-refractivity contribution is 0.413. The monoisotopic (exact) mass is 304 g/mol. The van der Waals surface area contributed by atoms with Gasteiger partial charge in [-0.2, -0.15) is 0 Å². The molecule has 3 nitrogen and oxygen atoms in total. The maximum atomic E-state index is 6.11. The minimum Gasteiger partial charge on any atom is -0.495 e. The normalized spacial score (nSPS) is 12.1. The Labute approximate surface area is 131 Å². The SMILES string of the molecule is CCCNC(Cc1cccnc1)c1ccc(Cl)c(OC)c1. The number of benzene rings is 1. The fourth-order valence-electron chi connectivity index (χ4n) is 2.27. The highest BCUT2D eigenvalue weighted by Gasteiger charge is 2.14. The molecule has 4 heteroatoms. The molecule has 0 saturated carbocycles. The van der Waals surface area contributed by atoms with Gasteiger partial charge in [-0.1, -0.05) is 30.7 Å². The molecule has 1 heterocycles. The van der Waals surface area contributed by atoms with Gasteiger partial charge < -0.3 is 10.1 Å². The summed E-state index contributed by atoms with van der Waals surface area (Å²) in [7, 11) is 1.64. The molecule has 0 fully saturated rings. The van der Waals surface area contributed by atoms with Crippen LogP contribution < -0.4 is 10.1 Å². The Balaban J connectivity index is 2.22. The van der Waals surface area contributed by atoms with Crippen LogP contribution in [0.5, 0.6) is 5.75 Å². The zero-order valence-electron chi connectivity index (χ0n) is 12.5. The van der Waals surface area contributed by atoms with Crippen LogP contribution in [0.3, 0.4) is 0 Å². The van der Waals surface area contributed by atoms with Gasteiger partial charge >= 0.3 is 0 Å². The molecule has 0 spiro atoms. The van der Waals surface area contributed by atoms with Crippen LogP contribution in [0.25, 0.3) is 0 Å². The van der Waals surface area contributed by atoms with Gasteiger partial charge in [0.1, 0.15) is 5.75 Å². The first-order chi connectivity index (χ1) is 10.2. The number of pyridine rings is 1. The van der Waals surface area contributed by atoms with Crippen LogP contribution in [0.2, 0.25) is 5.02 Å². The van der Waals surface area contributed by atoms with E-state index in [4.69, 9.17) is 16.3 Å². The average Bonchev–Trinajstić information content (AvgIpc) is 2.53. The molecule has 2 aromatic rings.